The highest BCUT2D eigenvalue weighted by Gasteiger charge is 2.14. The molecule has 0 saturated heterocycles. The third-order valence-corrected chi connectivity index (χ3v) is 3.60. The number of aliphatic hydroxyl groups excluding tert-OH is 1. The Morgan fingerprint density at radius 1 is 1.18 bits per heavy atom. The summed E-state index contributed by atoms with van der Waals surface area (Å²) in [5.41, 5.74) is 1.24. The zero-order chi connectivity index (χ0) is 15.8. The molecule has 0 spiro atoms. The lowest BCUT2D eigenvalue weighted by Gasteiger charge is -2.24. The first-order chi connectivity index (χ1) is 10.7. The van der Waals surface area contributed by atoms with Crippen molar-refractivity contribution in [2.24, 2.45) is 0 Å². The lowest BCUT2D eigenvalue weighted by Crippen LogP contribution is -2.31. The second-order valence-electron chi connectivity index (χ2n) is 5.69. The third kappa shape index (κ3) is 5.51. The molecule has 2 aromatic rings. The largest absolute Gasteiger partial charge is 0.465 e. The zero-order valence-electron chi connectivity index (χ0n) is 13.2. The second-order valence-corrected chi connectivity index (χ2v) is 5.69. The van der Waals surface area contributed by atoms with E-state index < -0.39 is 0 Å². The molecule has 0 radical (unpaired) electrons. The van der Waals surface area contributed by atoms with Crippen molar-refractivity contribution in [2.45, 2.75) is 39.0 Å². The summed E-state index contributed by atoms with van der Waals surface area (Å²) in [6.07, 6.45) is 3.07. The van der Waals surface area contributed by atoms with Crippen molar-refractivity contribution in [3.8, 4) is 0 Å². The molecule has 0 aliphatic rings. The summed E-state index contributed by atoms with van der Waals surface area (Å²) in [4.78, 5) is 2.22. The van der Waals surface area contributed by atoms with Crippen molar-refractivity contribution in [3.63, 3.8) is 0 Å². The van der Waals surface area contributed by atoms with Crippen molar-refractivity contribution in [3.05, 3.63) is 72.2 Å². The number of allylic oxidation sites excluding steroid dienone is 1. The van der Waals surface area contributed by atoms with Crippen LogP contribution in [0.4, 0.5) is 0 Å². The summed E-state index contributed by atoms with van der Waals surface area (Å²) in [7, 11) is 0. The Bertz CT molecular complexity index is 562. The first-order valence-electron chi connectivity index (χ1n) is 7.78. The molecule has 0 aliphatic heterocycles. The van der Waals surface area contributed by atoms with Gasteiger partial charge in [0.2, 0.25) is 0 Å². The molecule has 1 heterocycles. The van der Waals surface area contributed by atoms with Gasteiger partial charge in [0.05, 0.1) is 12.6 Å². The predicted molar refractivity (Wildman–Crippen MR) is 89.4 cm³/mol. The molecule has 0 amide bonds. The predicted octanol–water partition coefficient (Wildman–Crippen LogP) is 3.92. The van der Waals surface area contributed by atoms with Gasteiger partial charge in [0.1, 0.15) is 11.5 Å². The van der Waals surface area contributed by atoms with Gasteiger partial charge in [-0.05, 0) is 37.5 Å². The van der Waals surface area contributed by atoms with Crippen molar-refractivity contribution < 1.29 is 9.52 Å². The molecule has 22 heavy (non-hydrogen) atoms. The first kappa shape index (κ1) is 16.5. The monoisotopic (exact) mass is 299 g/mol. The molecular formula is C19H25NO2. The average molecular weight is 299 g/mol. The van der Waals surface area contributed by atoms with Gasteiger partial charge in [-0.1, -0.05) is 36.4 Å². The number of aliphatic hydroxyl groups is 1. The van der Waals surface area contributed by atoms with Crippen LogP contribution in [-0.4, -0.2) is 22.7 Å². The molecule has 3 heteroatoms. The lowest BCUT2D eigenvalue weighted by atomic mass is 10.1. The highest BCUT2D eigenvalue weighted by atomic mass is 16.3. The van der Waals surface area contributed by atoms with Crippen LogP contribution in [0.15, 0.2) is 59.5 Å². The molecular weight excluding hydrogens is 274 g/mol. The van der Waals surface area contributed by atoms with Gasteiger partial charge in [-0.3, -0.25) is 4.90 Å². The van der Waals surface area contributed by atoms with Crippen LogP contribution < -0.4 is 0 Å². The van der Waals surface area contributed by atoms with E-state index in [1.165, 1.54) is 5.56 Å². The molecule has 0 bridgehead atoms. The van der Waals surface area contributed by atoms with Crippen molar-refractivity contribution in [1.82, 2.24) is 4.90 Å². The van der Waals surface area contributed by atoms with Crippen molar-refractivity contribution in [2.75, 3.05) is 6.54 Å². The van der Waals surface area contributed by atoms with Crippen LogP contribution in [0.1, 0.15) is 29.9 Å². The smallest absolute Gasteiger partial charge is 0.118 e. The quantitative estimate of drug-likeness (QED) is 0.713. The standard InChI is InChI=1S/C19H25NO2/c1-3-4-10-18(21)14-20(13-17-8-6-5-7-9-17)15-19-12-11-16(2)22-19/h3,5-9,11-12,18,21H,1,4,10,13-15H2,2H3. The minimum Gasteiger partial charge on any atom is -0.465 e. The van der Waals surface area contributed by atoms with E-state index in [-0.39, 0.29) is 6.10 Å². The summed E-state index contributed by atoms with van der Waals surface area (Å²) in [6.45, 7) is 7.79. The van der Waals surface area contributed by atoms with E-state index in [2.05, 4.69) is 23.6 Å². The Balaban J connectivity index is 2.00. The normalized spacial score (nSPS) is 12.5. The van der Waals surface area contributed by atoms with E-state index in [1.54, 1.807) is 0 Å². The number of aryl methyl sites for hydroxylation is 1. The van der Waals surface area contributed by atoms with Gasteiger partial charge < -0.3 is 9.52 Å². The molecule has 0 fully saturated rings. The summed E-state index contributed by atoms with van der Waals surface area (Å²) in [5, 5.41) is 10.2. The molecule has 118 valence electrons. The molecule has 0 saturated carbocycles. The zero-order valence-corrected chi connectivity index (χ0v) is 13.2. The fourth-order valence-electron chi connectivity index (χ4n) is 2.52. The van der Waals surface area contributed by atoms with E-state index in [4.69, 9.17) is 4.42 Å². The van der Waals surface area contributed by atoms with Gasteiger partial charge in [-0.15, -0.1) is 6.58 Å². The van der Waals surface area contributed by atoms with Gasteiger partial charge in [0.25, 0.3) is 0 Å². The number of benzene rings is 1. The molecule has 2 rings (SSSR count). The van der Waals surface area contributed by atoms with Crippen molar-refractivity contribution >= 4 is 0 Å². The van der Waals surface area contributed by atoms with Gasteiger partial charge in [-0.2, -0.15) is 0 Å². The molecule has 1 N–H and O–H groups in total. The molecule has 1 aromatic heterocycles. The second kappa shape index (κ2) is 8.57. The van der Waals surface area contributed by atoms with E-state index in [1.807, 2.05) is 43.3 Å². The molecule has 1 unspecified atom stereocenters. The lowest BCUT2D eigenvalue weighted by molar-refractivity contribution is 0.0943. The van der Waals surface area contributed by atoms with Crippen LogP contribution in [0.5, 0.6) is 0 Å². The van der Waals surface area contributed by atoms with Crippen LogP contribution in [0, 0.1) is 6.92 Å². The summed E-state index contributed by atoms with van der Waals surface area (Å²) >= 11 is 0. The van der Waals surface area contributed by atoms with Crippen LogP contribution in [0.3, 0.4) is 0 Å². The Kier molecular flexibility index (Phi) is 6.44. The van der Waals surface area contributed by atoms with Gasteiger partial charge in [-0.25, -0.2) is 0 Å². The minimum atomic E-state index is -0.349. The summed E-state index contributed by atoms with van der Waals surface area (Å²) in [5.74, 6) is 1.85. The molecule has 1 atom stereocenters. The fourth-order valence-corrected chi connectivity index (χ4v) is 2.52. The van der Waals surface area contributed by atoms with Gasteiger partial charge in [0, 0.05) is 13.1 Å². The molecule has 0 aliphatic carbocycles. The third-order valence-electron chi connectivity index (χ3n) is 3.60. The minimum absolute atomic E-state index is 0.349. The average Bonchev–Trinajstić information content (AvgIpc) is 2.91. The maximum Gasteiger partial charge on any atom is 0.118 e. The van der Waals surface area contributed by atoms with Crippen molar-refractivity contribution in [1.29, 1.82) is 0 Å². The van der Waals surface area contributed by atoms with E-state index in [0.29, 0.717) is 13.1 Å². The fraction of sp³-hybridized carbons (Fsp3) is 0.368. The Morgan fingerprint density at radius 3 is 2.59 bits per heavy atom. The summed E-state index contributed by atoms with van der Waals surface area (Å²) in [6, 6.07) is 14.3. The SMILES string of the molecule is C=CCCC(O)CN(Cc1ccccc1)Cc1ccc(C)o1. The number of hydrogen-bond donors (Lipinski definition) is 1. The molecule has 1 aromatic carbocycles. The number of furan rings is 1. The van der Waals surface area contributed by atoms with Gasteiger partial charge in [0.15, 0.2) is 0 Å². The number of hydrogen-bond acceptors (Lipinski definition) is 3. The first-order valence-corrected chi connectivity index (χ1v) is 7.78. The highest BCUT2D eigenvalue weighted by molar-refractivity contribution is 5.15. The topological polar surface area (TPSA) is 36.6 Å². The van der Waals surface area contributed by atoms with Crippen LogP contribution in [-0.2, 0) is 13.1 Å². The Hall–Kier alpha value is -1.84. The highest BCUT2D eigenvalue weighted by Crippen LogP contribution is 2.14. The van der Waals surface area contributed by atoms with E-state index in [9.17, 15) is 5.11 Å². The van der Waals surface area contributed by atoms with E-state index in [0.717, 1.165) is 30.9 Å². The summed E-state index contributed by atoms with van der Waals surface area (Å²) < 4.78 is 5.67. The number of nitrogens with zero attached hydrogens (tertiary/aromatic N) is 1. The Labute approximate surface area is 132 Å². The van der Waals surface area contributed by atoms with Crippen LogP contribution in [0.25, 0.3) is 0 Å². The van der Waals surface area contributed by atoms with Crippen LogP contribution in [0.2, 0.25) is 0 Å². The molecule has 3 nitrogen and oxygen atoms in total. The Morgan fingerprint density at radius 2 is 1.95 bits per heavy atom. The van der Waals surface area contributed by atoms with Gasteiger partial charge >= 0.3 is 0 Å². The van der Waals surface area contributed by atoms with Crippen LogP contribution >= 0.6 is 0 Å². The maximum atomic E-state index is 10.2. The van der Waals surface area contributed by atoms with E-state index >= 15 is 0 Å². The maximum absolute atomic E-state index is 10.2. The number of rotatable bonds is 9.